The number of rotatable bonds is 2. The van der Waals surface area contributed by atoms with Gasteiger partial charge in [0.05, 0.1) is 12.7 Å². The van der Waals surface area contributed by atoms with E-state index in [9.17, 15) is 9.18 Å². The first-order valence-electron chi connectivity index (χ1n) is 3.32. The van der Waals surface area contributed by atoms with E-state index in [1.807, 2.05) is 0 Å². The van der Waals surface area contributed by atoms with Gasteiger partial charge in [-0.3, -0.25) is 4.79 Å². The fourth-order valence-corrected chi connectivity index (χ4v) is 1.10. The minimum atomic E-state index is -0.978. The molecule has 0 fully saturated rings. The standard InChI is InChI=1S/C8H6ClFO3/c1-13-6-2-5(12)4(3-11)8(10)7(6)9/h2-3,12H,1H3. The van der Waals surface area contributed by atoms with Crippen molar-refractivity contribution in [2.75, 3.05) is 7.11 Å². The van der Waals surface area contributed by atoms with Crippen LogP contribution < -0.4 is 4.74 Å². The summed E-state index contributed by atoms with van der Waals surface area (Å²) in [6.45, 7) is 0. The molecule has 0 aliphatic heterocycles. The number of aldehydes is 1. The Hall–Kier alpha value is -1.29. The zero-order valence-electron chi connectivity index (χ0n) is 6.67. The lowest BCUT2D eigenvalue weighted by Crippen LogP contribution is -1.93. The van der Waals surface area contributed by atoms with Crippen molar-refractivity contribution in [1.29, 1.82) is 0 Å². The topological polar surface area (TPSA) is 46.5 Å². The van der Waals surface area contributed by atoms with E-state index < -0.39 is 17.1 Å². The highest BCUT2D eigenvalue weighted by Crippen LogP contribution is 2.34. The van der Waals surface area contributed by atoms with Crippen molar-refractivity contribution < 1.29 is 19.0 Å². The average Bonchev–Trinajstić information content (AvgIpc) is 2.12. The number of aromatic hydroxyl groups is 1. The Bertz CT molecular complexity index is 352. The highest BCUT2D eigenvalue weighted by atomic mass is 35.5. The van der Waals surface area contributed by atoms with E-state index >= 15 is 0 Å². The fraction of sp³-hybridized carbons (Fsp3) is 0.125. The molecular formula is C8H6ClFO3. The van der Waals surface area contributed by atoms with Gasteiger partial charge in [0.1, 0.15) is 16.5 Å². The van der Waals surface area contributed by atoms with E-state index in [2.05, 4.69) is 4.74 Å². The van der Waals surface area contributed by atoms with Crippen molar-refractivity contribution >= 4 is 17.9 Å². The quantitative estimate of drug-likeness (QED) is 0.750. The largest absolute Gasteiger partial charge is 0.507 e. The van der Waals surface area contributed by atoms with Crippen LogP contribution in [-0.2, 0) is 0 Å². The molecule has 1 aromatic carbocycles. The second kappa shape index (κ2) is 3.62. The number of phenols is 1. The molecule has 1 aromatic rings. The molecule has 1 N–H and O–H groups in total. The molecule has 0 radical (unpaired) electrons. The van der Waals surface area contributed by atoms with Crippen LogP contribution in [0.4, 0.5) is 4.39 Å². The van der Waals surface area contributed by atoms with Gasteiger partial charge in [-0.25, -0.2) is 4.39 Å². The Balaban J connectivity index is 3.45. The number of carbonyl (C=O) groups excluding carboxylic acids is 1. The van der Waals surface area contributed by atoms with E-state index in [1.54, 1.807) is 0 Å². The van der Waals surface area contributed by atoms with Crippen LogP contribution in [0.1, 0.15) is 10.4 Å². The molecule has 0 saturated carbocycles. The Kier molecular flexibility index (Phi) is 2.72. The van der Waals surface area contributed by atoms with Gasteiger partial charge >= 0.3 is 0 Å². The average molecular weight is 205 g/mol. The highest BCUT2D eigenvalue weighted by Gasteiger charge is 2.16. The Morgan fingerprint density at radius 1 is 1.69 bits per heavy atom. The Morgan fingerprint density at radius 3 is 2.77 bits per heavy atom. The normalized spacial score (nSPS) is 9.77. The van der Waals surface area contributed by atoms with Crippen LogP contribution >= 0.6 is 11.6 Å². The lowest BCUT2D eigenvalue weighted by atomic mass is 10.2. The number of hydrogen-bond donors (Lipinski definition) is 1. The summed E-state index contributed by atoms with van der Waals surface area (Å²) in [6.07, 6.45) is 0.190. The third-order valence-corrected chi connectivity index (χ3v) is 1.88. The fourth-order valence-electron chi connectivity index (χ4n) is 0.865. The number of halogens is 2. The third kappa shape index (κ3) is 1.58. The van der Waals surface area contributed by atoms with Crippen LogP contribution in [0.2, 0.25) is 5.02 Å². The third-order valence-electron chi connectivity index (χ3n) is 1.53. The molecule has 5 heteroatoms. The molecule has 70 valence electrons. The summed E-state index contributed by atoms with van der Waals surface area (Å²) < 4.78 is 17.8. The summed E-state index contributed by atoms with van der Waals surface area (Å²) in [5.41, 5.74) is -0.467. The molecule has 1 rings (SSSR count). The number of benzene rings is 1. The van der Waals surface area contributed by atoms with E-state index in [0.29, 0.717) is 0 Å². The first-order valence-corrected chi connectivity index (χ1v) is 3.69. The summed E-state index contributed by atoms with van der Waals surface area (Å²) >= 11 is 5.48. The van der Waals surface area contributed by atoms with Gasteiger partial charge in [-0.05, 0) is 0 Å². The van der Waals surface area contributed by atoms with Gasteiger partial charge in [0.25, 0.3) is 0 Å². The van der Waals surface area contributed by atoms with Crippen molar-refractivity contribution in [2.24, 2.45) is 0 Å². The second-order valence-corrected chi connectivity index (χ2v) is 2.64. The molecule has 0 aliphatic rings. The molecule has 0 heterocycles. The molecule has 0 aromatic heterocycles. The molecule has 0 saturated heterocycles. The number of carbonyl (C=O) groups is 1. The Labute approximate surface area is 78.7 Å². The summed E-state index contributed by atoms with van der Waals surface area (Å²) in [5, 5.41) is 8.80. The van der Waals surface area contributed by atoms with Gasteiger partial charge in [-0.1, -0.05) is 11.6 Å². The first kappa shape index (κ1) is 9.80. The number of methoxy groups -OCH3 is 1. The smallest absolute Gasteiger partial charge is 0.159 e. The minimum Gasteiger partial charge on any atom is -0.507 e. The van der Waals surface area contributed by atoms with Gasteiger partial charge in [-0.15, -0.1) is 0 Å². The molecule has 0 spiro atoms. The van der Waals surface area contributed by atoms with Crippen LogP contribution in [0.25, 0.3) is 0 Å². The van der Waals surface area contributed by atoms with Gasteiger partial charge < -0.3 is 9.84 Å². The van der Waals surface area contributed by atoms with Crippen molar-refractivity contribution in [3.63, 3.8) is 0 Å². The van der Waals surface area contributed by atoms with Crippen LogP contribution in [0.15, 0.2) is 6.07 Å². The van der Waals surface area contributed by atoms with E-state index in [4.69, 9.17) is 16.7 Å². The molecule has 0 unspecified atom stereocenters. The van der Waals surface area contributed by atoms with Crippen molar-refractivity contribution in [1.82, 2.24) is 0 Å². The molecular weight excluding hydrogens is 199 g/mol. The molecule has 0 amide bonds. The maximum Gasteiger partial charge on any atom is 0.159 e. The maximum atomic E-state index is 13.1. The minimum absolute atomic E-state index is 0.0118. The SMILES string of the molecule is COc1cc(O)c(C=O)c(F)c1Cl. The van der Waals surface area contributed by atoms with Crippen molar-refractivity contribution in [3.05, 3.63) is 22.5 Å². The monoisotopic (exact) mass is 204 g/mol. The zero-order valence-corrected chi connectivity index (χ0v) is 7.43. The van der Waals surface area contributed by atoms with E-state index in [1.165, 1.54) is 7.11 Å². The van der Waals surface area contributed by atoms with Crippen LogP contribution in [0, 0.1) is 5.82 Å². The molecule has 3 nitrogen and oxygen atoms in total. The lowest BCUT2D eigenvalue weighted by molar-refractivity contribution is 0.111. The summed E-state index contributed by atoms with van der Waals surface area (Å²) in [7, 11) is 1.28. The summed E-state index contributed by atoms with van der Waals surface area (Å²) in [5.74, 6) is -1.48. The number of ether oxygens (including phenoxy) is 1. The van der Waals surface area contributed by atoms with Gasteiger partial charge in [0.15, 0.2) is 12.1 Å². The van der Waals surface area contributed by atoms with E-state index in [-0.39, 0.29) is 17.1 Å². The van der Waals surface area contributed by atoms with Gasteiger partial charge in [0.2, 0.25) is 0 Å². The predicted molar refractivity (Wildman–Crippen MR) is 45.0 cm³/mol. The number of hydrogen-bond acceptors (Lipinski definition) is 3. The molecule has 13 heavy (non-hydrogen) atoms. The van der Waals surface area contributed by atoms with Gasteiger partial charge in [0, 0.05) is 6.07 Å². The first-order chi connectivity index (χ1) is 6.11. The van der Waals surface area contributed by atoms with Gasteiger partial charge in [-0.2, -0.15) is 0 Å². The predicted octanol–water partition coefficient (Wildman–Crippen LogP) is 2.01. The molecule has 0 atom stereocenters. The maximum absolute atomic E-state index is 13.1. The molecule has 0 bridgehead atoms. The number of phenolic OH excluding ortho intramolecular Hbond substituents is 1. The molecule has 0 aliphatic carbocycles. The van der Waals surface area contributed by atoms with Crippen molar-refractivity contribution in [2.45, 2.75) is 0 Å². The zero-order chi connectivity index (χ0) is 10.0. The second-order valence-electron chi connectivity index (χ2n) is 2.26. The Morgan fingerprint density at radius 2 is 2.31 bits per heavy atom. The van der Waals surface area contributed by atoms with E-state index in [0.717, 1.165) is 6.07 Å². The van der Waals surface area contributed by atoms with Crippen molar-refractivity contribution in [3.8, 4) is 11.5 Å². The summed E-state index contributed by atoms with van der Waals surface area (Å²) in [6, 6.07) is 1.08. The highest BCUT2D eigenvalue weighted by molar-refractivity contribution is 6.32. The van der Waals surface area contributed by atoms with Crippen LogP contribution in [0.3, 0.4) is 0 Å². The summed E-state index contributed by atoms with van der Waals surface area (Å²) in [4.78, 5) is 10.3. The van der Waals surface area contributed by atoms with Crippen LogP contribution in [0.5, 0.6) is 11.5 Å². The van der Waals surface area contributed by atoms with Crippen LogP contribution in [-0.4, -0.2) is 18.5 Å². The lowest BCUT2D eigenvalue weighted by Gasteiger charge is -2.06.